The first-order valence-corrected chi connectivity index (χ1v) is 6.35. The van der Waals surface area contributed by atoms with Gasteiger partial charge in [0.1, 0.15) is 5.56 Å². The molecule has 1 aliphatic carbocycles. The highest BCUT2D eigenvalue weighted by atomic mass is 16.6. The van der Waals surface area contributed by atoms with Gasteiger partial charge in [0.05, 0.1) is 15.4 Å². The number of phenols is 2. The number of nitro groups is 2. The van der Waals surface area contributed by atoms with Crippen molar-refractivity contribution >= 4 is 22.9 Å². The SMILES string of the molecule is O=C1c2cc(O)c([N+](=O)[O-])c(O)c2C(=O)c2cccc([N+](=O)[O-])c21. The molecule has 2 aromatic carbocycles. The maximum absolute atomic E-state index is 12.5. The average Bonchev–Trinajstić information content (AvgIpc) is 2.50. The number of benzene rings is 2. The van der Waals surface area contributed by atoms with E-state index in [-0.39, 0.29) is 5.56 Å². The smallest absolute Gasteiger partial charge is 0.352 e. The summed E-state index contributed by atoms with van der Waals surface area (Å²) in [6.45, 7) is 0. The number of aromatic hydroxyl groups is 2. The van der Waals surface area contributed by atoms with Gasteiger partial charge < -0.3 is 10.2 Å². The largest absolute Gasteiger partial charge is 0.502 e. The number of carbonyl (C=O) groups excluding carboxylic acids is 2. The second-order valence-electron chi connectivity index (χ2n) is 4.89. The van der Waals surface area contributed by atoms with E-state index in [9.17, 15) is 40.0 Å². The molecule has 1 aliphatic rings. The van der Waals surface area contributed by atoms with E-state index in [1.165, 1.54) is 6.07 Å². The van der Waals surface area contributed by atoms with E-state index in [4.69, 9.17) is 0 Å². The van der Waals surface area contributed by atoms with Crippen LogP contribution in [0.5, 0.6) is 11.5 Å². The number of hydrogen-bond donors (Lipinski definition) is 2. The lowest BCUT2D eigenvalue weighted by molar-refractivity contribution is -0.386. The van der Waals surface area contributed by atoms with Crippen molar-refractivity contribution in [3.63, 3.8) is 0 Å². The fourth-order valence-electron chi connectivity index (χ4n) is 2.62. The van der Waals surface area contributed by atoms with E-state index in [0.29, 0.717) is 6.07 Å². The number of ketones is 2. The van der Waals surface area contributed by atoms with Gasteiger partial charge in [-0.25, -0.2) is 0 Å². The fourth-order valence-corrected chi connectivity index (χ4v) is 2.62. The number of nitro benzene ring substituents is 2. The van der Waals surface area contributed by atoms with Gasteiger partial charge in [0, 0.05) is 17.2 Å². The highest BCUT2D eigenvalue weighted by Gasteiger charge is 2.40. The molecule has 0 aliphatic heterocycles. The van der Waals surface area contributed by atoms with Crippen LogP contribution in [0.15, 0.2) is 24.3 Å². The number of hydrogen-bond acceptors (Lipinski definition) is 8. The van der Waals surface area contributed by atoms with Gasteiger partial charge in [-0.1, -0.05) is 6.07 Å². The highest BCUT2D eigenvalue weighted by Crippen LogP contribution is 2.45. The number of nitrogens with zero attached hydrogens (tertiary/aromatic N) is 2. The van der Waals surface area contributed by atoms with Crippen molar-refractivity contribution in [3.8, 4) is 11.5 Å². The summed E-state index contributed by atoms with van der Waals surface area (Å²) in [7, 11) is 0. The first-order chi connectivity index (χ1) is 11.3. The van der Waals surface area contributed by atoms with Crippen molar-refractivity contribution in [1.29, 1.82) is 0 Å². The Bertz CT molecular complexity index is 979. The Morgan fingerprint density at radius 1 is 0.875 bits per heavy atom. The van der Waals surface area contributed by atoms with Gasteiger partial charge in [-0.3, -0.25) is 29.8 Å². The van der Waals surface area contributed by atoms with Crippen molar-refractivity contribution in [2.24, 2.45) is 0 Å². The second kappa shape index (κ2) is 4.84. The zero-order valence-corrected chi connectivity index (χ0v) is 11.5. The Morgan fingerprint density at radius 3 is 2.08 bits per heavy atom. The number of rotatable bonds is 2. The van der Waals surface area contributed by atoms with E-state index < -0.39 is 61.0 Å². The van der Waals surface area contributed by atoms with Crippen molar-refractivity contribution in [1.82, 2.24) is 0 Å². The molecule has 120 valence electrons. The van der Waals surface area contributed by atoms with Crippen LogP contribution in [0.25, 0.3) is 0 Å². The summed E-state index contributed by atoms with van der Waals surface area (Å²) in [5.74, 6) is -4.17. The van der Waals surface area contributed by atoms with Gasteiger partial charge in [0.25, 0.3) is 5.69 Å². The van der Waals surface area contributed by atoms with Crippen LogP contribution in [0.4, 0.5) is 11.4 Å². The number of carbonyl (C=O) groups is 2. The molecule has 2 N–H and O–H groups in total. The van der Waals surface area contributed by atoms with E-state index in [2.05, 4.69) is 0 Å². The Hall–Kier alpha value is -3.82. The molecule has 0 fully saturated rings. The van der Waals surface area contributed by atoms with Crippen LogP contribution in [0.1, 0.15) is 31.8 Å². The third-order valence-electron chi connectivity index (χ3n) is 3.62. The number of fused-ring (bicyclic) bond motifs is 2. The maximum atomic E-state index is 12.5. The Balaban J connectivity index is 2.40. The van der Waals surface area contributed by atoms with Crippen molar-refractivity contribution in [3.05, 3.63) is 66.7 Å². The van der Waals surface area contributed by atoms with Crippen LogP contribution in [0, 0.1) is 20.2 Å². The zero-order valence-electron chi connectivity index (χ0n) is 11.5. The fraction of sp³-hybridized carbons (Fsp3) is 0. The van der Waals surface area contributed by atoms with Crippen LogP contribution in [0.2, 0.25) is 0 Å². The van der Waals surface area contributed by atoms with Crippen molar-refractivity contribution in [2.75, 3.05) is 0 Å². The van der Waals surface area contributed by atoms with Gasteiger partial charge in [0.15, 0.2) is 11.5 Å². The summed E-state index contributed by atoms with van der Waals surface area (Å²) in [4.78, 5) is 45.0. The van der Waals surface area contributed by atoms with Crippen LogP contribution < -0.4 is 0 Å². The molecule has 10 heteroatoms. The minimum Gasteiger partial charge on any atom is -0.502 e. The first kappa shape index (κ1) is 15.1. The first-order valence-electron chi connectivity index (χ1n) is 6.35. The molecule has 0 aromatic heterocycles. The normalized spacial score (nSPS) is 12.5. The topological polar surface area (TPSA) is 161 Å². The summed E-state index contributed by atoms with van der Waals surface area (Å²) >= 11 is 0. The highest BCUT2D eigenvalue weighted by molar-refractivity contribution is 6.31. The molecule has 0 unspecified atom stereocenters. The summed E-state index contributed by atoms with van der Waals surface area (Å²) in [6.07, 6.45) is 0. The lowest BCUT2D eigenvalue weighted by Crippen LogP contribution is -2.22. The summed E-state index contributed by atoms with van der Waals surface area (Å²) in [5.41, 5.74) is -3.79. The molecule has 0 saturated heterocycles. The molecule has 0 spiro atoms. The number of phenolic OH excluding ortho intramolecular Hbond substituents is 2. The second-order valence-corrected chi connectivity index (χ2v) is 4.89. The Kier molecular flexibility index (Phi) is 3.04. The maximum Gasteiger partial charge on any atom is 0.352 e. The lowest BCUT2D eigenvalue weighted by Gasteiger charge is -2.18. The van der Waals surface area contributed by atoms with Crippen LogP contribution in [0.3, 0.4) is 0 Å². The standard InChI is InChI=1S/C14H6N2O8/c17-8-4-6-10(14(20)11(8)16(23)24)12(18)5-2-1-3-7(15(21)22)9(5)13(6)19/h1-4,17,20H. The molecule has 0 bridgehead atoms. The minimum absolute atomic E-state index is 0.350. The zero-order chi connectivity index (χ0) is 17.8. The van der Waals surface area contributed by atoms with E-state index >= 15 is 0 Å². The lowest BCUT2D eigenvalue weighted by atomic mass is 9.82. The van der Waals surface area contributed by atoms with Gasteiger partial charge in [-0.2, -0.15) is 0 Å². The predicted molar refractivity (Wildman–Crippen MR) is 76.4 cm³/mol. The van der Waals surface area contributed by atoms with E-state index in [1.54, 1.807) is 0 Å². The monoisotopic (exact) mass is 330 g/mol. The molecule has 0 saturated carbocycles. The van der Waals surface area contributed by atoms with Crippen molar-refractivity contribution < 1.29 is 29.6 Å². The average molecular weight is 330 g/mol. The third kappa shape index (κ3) is 1.83. The molecule has 0 heterocycles. The van der Waals surface area contributed by atoms with Gasteiger partial charge in [-0.05, 0) is 12.1 Å². The van der Waals surface area contributed by atoms with Gasteiger partial charge in [-0.15, -0.1) is 0 Å². The summed E-state index contributed by atoms with van der Waals surface area (Å²) < 4.78 is 0. The molecule has 3 rings (SSSR count). The Morgan fingerprint density at radius 2 is 1.50 bits per heavy atom. The van der Waals surface area contributed by atoms with Gasteiger partial charge >= 0.3 is 5.69 Å². The molecule has 0 amide bonds. The van der Waals surface area contributed by atoms with Crippen LogP contribution in [-0.2, 0) is 0 Å². The third-order valence-corrected chi connectivity index (χ3v) is 3.62. The van der Waals surface area contributed by atoms with Crippen LogP contribution >= 0.6 is 0 Å². The molecule has 10 nitrogen and oxygen atoms in total. The minimum atomic E-state index is -1.16. The van der Waals surface area contributed by atoms with E-state index in [0.717, 1.165) is 12.1 Å². The van der Waals surface area contributed by atoms with E-state index in [1.807, 2.05) is 0 Å². The molecule has 24 heavy (non-hydrogen) atoms. The molecule has 0 radical (unpaired) electrons. The molecule has 2 aromatic rings. The quantitative estimate of drug-likeness (QED) is 0.530. The molecular formula is C14H6N2O8. The predicted octanol–water partition coefficient (Wildman–Crippen LogP) is 1.69. The molecule has 0 atom stereocenters. The molecular weight excluding hydrogens is 324 g/mol. The van der Waals surface area contributed by atoms with Gasteiger partial charge in [0.2, 0.25) is 11.5 Å². The van der Waals surface area contributed by atoms with Crippen LogP contribution in [-0.4, -0.2) is 31.6 Å². The summed E-state index contributed by atoms with van der Waals surface area (Å²) in [5, 5.41) is 41.6. The summed E-state index contributed by atoms with van der Waals surface area (Å²) in [6, 6.07) is 4.00. The Labute approximate surface area is 131 Å². The van der Waals surface area contributed by atoms with Crippen molar-refractivity contribution in [2.45, 2.75) is 0 Å².